The van der Waals surface area contributed by atoms with E-state index >= 15 is 0 Å². The number of ether oxygens (including phenoxy) is 2. The molecule has 0 unspecified atom stereocenters. The minimum absolute atomic E-state index is 0.00659. The smallest absolute Gasteiger partial charge is 0.315 e. The van der Waals surface area contributed by atoms with E-state index in [0.29, 0.717) is 6.54 Å². The lowest BCUT2D eigenvalue weighted by atomic mass is 9.53. The molecule has 6 aliphatic rings. The molecule has 2 aliphatic heterocycles. The minimum Gasteiger partial charge on any atom is -0.395 e. The van der Waals surface area contributed by atoms with Crippen LogP contribution in [0.15, 0.2) is 72.8 Å². The van der Waals surface area contributed by atoms with Crippen LogP contribution in [0.5, 0.6) is 0 Å². The predicted molar refractivity (Wildman–Crippen MR) is 188 cm³/mol. The zero-order valence-corrected chi connectivity index (χ0v) is 28.4. The highest BCUT2D eigenvalue weighted by molar-refractivity contribution is 5.76. The van der Waals surface area contributed by atoms with Crippen LogP contribution >= 0.6 is 0 Å². The number of hydrogen-bond donors (Lipinski definition) is 4. The second-order valence-electron chi connectivity index (χ2n) is 15.6. The summed E-state index contributed by atoms with van der Waals surface area (Å²) in [5.74, 6) is 2.37. The molecule has 3 aromatic rings. The van der Waals surface area contributed by atoms with E-state index in [-0.39, 0.29) is 43.0 Å². The first-order valence-electron chi connectivity index (χ1n) is 18.6. The van der Waals surface area contributed by atoms with E-state index in [4.69, 9.17) is 9.47 Å². The second kappa shape index (κ2) is 14.2. The van der Waals surface area contributed by atoms with Gasteiger partial charge in [-0.2, -0.15) is 0 Å². The molecule has 8 nitrogen and oxygen atoms in total. The number of aliphatic hydroxyl groups is 2. The van der Waals surface area contributed by atoms with Crippen molar-refractivity contribution in [3.63, 3.8) is 0 Å². The predicted octanol–water partition coefficient (Wildman–Crippen LogP) is 6.62. The average molecular weight is 666 g/mol. The number of nitrogens with one attached hydrogen (secondary N) is 2. The average Bonchev–Trinajstić information content (AvgIpc) is 3.57. The number of likely N-dealkylation sites (tertiary alicyclic amines) is 1. The van der Waals surface area contributed by atoms with Gasteiger partial charge in [-0.25, -0.2) is 4.79 Å². The Kier molecular flexibility index (Phi) is 9.51. The summed E-state index contributed by atoms with van der Waals surface area (Å²) in [6.07, 6.45) is 9.60. The minimum atomic E-state index is -0.532. The van der Waals surface area contributed by atoms with Crippen molar-refractivity contribution < 1.29 is 24.5 Å². The Morgan fingerprint density at radius 3 is 2.22 bits per heavy atom. The summed E-state index contributed by atoms with van der Waals surface area (Å²) in [4.78, 5) is 15.6. The maximum absolute atomic E-state index is 13.2. The molecule has 0 aromatic heterocycles. The number of benzene rings is 3. The first-order chi connectivity index (χ1) is 24.0. The lowest BCUT2D eigenvalue weighted by Crippen LogP contribution is -2.61. The monoisotopic (exact) mass is 665 g/mol. The van der Waals surface area contributed by atoms with Gasteiger partial charge in [0, 0.05) is 36.7 Å². The van der Waals surface area contributed by atoms with E-state index in [9.17, 15) is 15.0 Å². The molecule has 0 radical (unpaired) electrons. The maximum Gasteiger partial charge on any atom is 0.315 e. The number of urea groups is 1. The van der Waals surface area contributed by atoms with Gasteiger partial charge in [0.1, 0.15) is 0 Å². The van der Waals surface area contributed by atoms with E-state index in [1.54, 1.807) is 0 Å². The molecule has 260 valence electrons. The molecule has 4 atom stereocenters. The SMILES string of the molecule is O=C(NCc1ccccc1-c1ccc([C@@H]2O[C@H](CN3CCC[C@H]3CO)C[C@H](c3ccc(CO)cc3)O2)cc1)NC12CC3CC(CC(C3)C1)C2. The Morgan fingerprint density at radius 2 is 1.53 bits per heavy atom. The quantitative estimate of drug-likeness (QED) is 0.194. The van der Waals surface area contributed by atoms with Gasteiger partial charge < -0.3 is 30.3 Å². The lowest BCUT2D eigenvalue weighted by Gasteiger charge is -2.56. The standard InChI is InChI=1S/C41H51N3O5/c45-25-27-7-9-32(10-8-27)38-19-36(24-44-15-3-5-35(44)26-46)48-39(49-38)33-13-11-31(12-14-33)37-6-2-1-4-34(37)23-42-40(47)43-41-20-28-16-29(21-41)18-30(17-28)22-41/h1-2,4,6-14,28-30,35-36,38-39,45-46H,3,5,15-26H2,(H2,42,43,47)/t28?,29?,30?,35-,36-,38+,39+,41?/m0/s1. The van der Waals surface area contributed by atoms with Gasteiger partial charge in [-0.05, 0) is 103 Å². The number of amides is 2. The normalized spacial score (nSPS) is 32.3. The summed E-state index contributed by atoms with van der Waals surface area (Å²) < 4.78 is 13.2. The molecule has 3 aromatic carbocycles. The van der Waals surface area contributed by atoms with Crippen molar-refractivity contribution >= 4 is 6.03 Å². The molecule has 2 amide bonds. The Balaban J connectivity index is 0.952. The lowest BCUT2D eigenvalue weighted by molar-refractivity contribution is -0.253. The Bertz CT molecular complexity index is 1560. The highest BCUT2D eigenvalue weighted by Crippen LogP contribution is 2.55. The molecule has 2 heterocycles. The second-order valence-corrected chi connectivity index (χ2v) is 15.6. The highest BCUT2D eigenvalue weighted by atomic mass is 16.7. The van der Waals surface area contributed by atoms with Crippen LogP contribution in [-0.4, -0.2) is 58.5 Å². The largest absolute Gasteiger partial charge is 0.395 e. The fourth-order valence-electron chi connectivity index (χ4n) is 10.1. The molecule has 4 N–H and O–H groups in total. The van der Waals surface area contributed by atoms with Crippen molar-refractivity contribution in [1.29, 1.82) is 0 Å². The molecule has 4 bridgehead atoms. The van der Waals surface area contributed by atoms with Crippen molar-refractivity contribution in [2.45, 2.75) is 101 Å². The number of carbonyl (C=O) groups is 1. The molecule has 6 fully saturated rings. The van der Waals surface area contributed by atoms with E-state index in [1.165, 1.54) is 19.3 Å². The number of carbonyl (C=O) groups excluding carboxylic acids is 1. The van der Waals surface area contributed by atoms with Gasteiger partial charge in [0.05, 0.1) is 25.4 Å². The Labute approximate surface area is 290 Å². The van der Waals surface area contributed by atoms with Gasteiger partial charge in [0.15, 0.2) is 6.29 Å². The molecule has 8 heteroatoms. The van der Waals surface area contributed by atoms with Crippen molar-refractivity contribution in [2.24, 2.45) is 17.8 Å². The van der Waals surface area contributed by atoms with E-state index in [2.05, 4.69) is 51.9 Å². The summed E-state index contributed by atoms with van der Waals surface area (Å²) in [5, 5.41) is 26.1. The van der Waals surface area contributed by atoms with Crippen LogP contribution in [0.4, 0.5) is 4.79 Å². The molecule has 4 saturated carbocycles. The number of nitrogens with zero attached hydrogens (tertiary/aromatic N) is 1. The number of rotatable bonds is 10. The Morgan fingerprint density at radius 1 is 0.837 bits per heavy atom. The van der Waals surface area contributed by atoms with Gasteiger partial charge in [-0.3, -0.25) is 4.90 Å². The molecule has 2 saturated heterocycles. The van der Waals surface area contributed by atoms with Crippen LogP contribution < -0.4 is 10.6 Å². The van der Waals surface area contributed by atoms with Gasteiger partial charge in [-0.1, -0.05) is 72.8 Å². The van der Waals surface area contributed by atoms with Gasteiger partial charge in [-0.15, -0.1) is 0 Å². The zero-order chi connectivity index (χ0) is 33.4. The summed E-state index contributed by atoms with van der Waals surface area (Å²) >= 11 is 0. The molecule has 49 heavy (non-hydrogen) atoms. The van der Waals surface area contributed by atoms with Crippen molar-refractivity contribution in [3.05, 3.63) is 95.1 Å². The molecular formula is C41H51N3O5. The van der Waals surface area contributed by atoms with Gasteiger partial charge >= 0.3 is 6.03 Å². The fourth-order valence-corrected chi connectivity index (χ4v) is 10.1. The van der Waals surface area contributed by atoms with E-state index < -0.39 is 6.29 Å². The van der Waals surface area contributed by atoms with Crippen LogP contribution in [0, 0.1) is 17.8 Å². The first-order valence-corrected chi connectivity index (χ1v) is 18.6. The summed E-state index contributed by atoms with van der Waals surface area (Å²) in [6, 6.07) is 24.8. The van der Waals surface area contributed by atoms with E-state index in [0.717, 1.165) is 103 Å². The summed E-state index contributed by atoms with van der Waals surface area (Å²) in [7, 11) is 0. The molecular weight excluding hydrogens is 614 g/mol. The zero-order valence-electron chi connectivity index (χ0n) is 28.4. The molecule has 4 aliphatic carbocycles. The van der Waals surface area contributed by atoms with Crippen molar-refractivity contribution in [1.82, 2.24) is 15.5 Å². The third-order valence-corrected chi connectivity index (χ3v) is 12.1. The number of aliphatic hydroxyl groups excluding tert-OH is 2. The van der Waals surface area contributed by atoms with Crippen molar-refractivity contribution in [3.8, 4) is 11.1 Å². The van der Waals surface area contributed by atoms with Crippen LogP contribution in [-0.2, 0) is 22.6 Å². The van der Waals surface area contributed by atoms with Crippen LogP contribution in [0.3, 0.4) is 0 Å². The topological polar surface area (TPSA) is 103 Å². The highest BCUT2D eigenvalue weighted by Gasteiger charge is 2.51. The number of hydrogen-bond acceptors (Lipinski definition) is 6. The van der Waals surface area contributed by atoms with Crippen LogP contribution in [0.1, 0.15) is 92.4 Å². The third-order valence-electron chi connectivity index (χ3n) is 12.1. The first kappa shape index (κ1) is 32.9. The summed E-state index contributed by atoms with van der Waals surface area (Å²) in [5.41, 5.74) is 6.15. The molecule has 0 spiro atoms. The van der Waals surface area contributed by atoms with Gasteiger partial charge in [0.25, 0.3) is 0 Å². The summed E-state index contributed by atoms with van der Waals surface area (Å²) in [6.45, 7) is 2.38. The van der Waals surface area contributed by atoms with Gasteiger partial charge in [0.2, 0.25) is 0 Å². The van der Waals surface area contributed by atoms with Crippen LogP contribution in [0.25, 0.3) is 11.1 Å². The van der Waals surface area contributed by atoms with Crippen molar-refractivity contribution in [2.75, 3.05) is 19.7 Å². The molecule has 9 rings (SSSR count). The van der Waals surface area contributed by atoms with Crippen LogP contribution in [0.2, 0.25) is 0 Å². The fraction of sp³-hybridized carbons (Fsp3) is 0.537. The maximum atomic E-state index is 13.2. The Hall–Kier alpha value is -3.27. The third kappa shape index (κ3) is 7.17. The van der Waals surface area contributed by atoms with E-state index in [1.807, 2.05) is 36.4 Å².